The summed E-state index contributed by atoms with van der Waals surface area (Å²) in [7, 11) is 1.92. The number of likely N-dealkylation sites (N-methyl/N-ethyl adjacent to an activating group) is 1. The van der Waals surface area contributed by atoms with Gasteiger partial charge in [0.15, 0.2) is 5.78 Å². The lowest BCUT2D eigenvalue weighted by Gasteiger charge is -2.35. The van der Waals surface area contributed by atoms with Crippen molar-refractivity contribution in [2.24, 2.45) is 0 Å². The summed E-state index contributed by atoms with van der Waals surface area (Å²) >= 11 is 0. The van der Waals surface area contributed by atoms with Gasteiger partial charge >= 0.3 is 0 Å². The highest BCUT2D eigenvalue weighted by Gasteiger charge is 2.30. The summed E-state index contributed by atoms with van der Waals surface area (Å²) in [5.41, 5.74) is 2.37. The van der Waals surface area contributed by atoms with E-state index in [1.165, 1.54) is 0 Å². The van der Waals surface area contributed by atoms with Crippen molar-refractivity contribution in [1.29, 1.82) is 5.26 Å². The van der Waals surface area contributed by atoms with Crippen LogP contribution in [0.2, 0.25) is 0 Å². The molecule has 0 fully saturated rings. The minimum absolute atomic E-state index is 0.0362. The van der Waals surface area contributed by atoms with E-state index in [-0.39, 0.29) is 11.2 Å². The van der Waals surface area contributed by atoms with Crippen LogP contribution >= 0.6 is 0 Å². The molecule has 20 heavy (non-hydrogen) atoms. The Bertz CT molecular complexity index is 594. The highest BCUT2D eigenvalue weighted by molar-refractivity contribution is 5.96. The van der Waals surface area contributed by atoms with Crippen molar-refractivity contribution in [1.82, 2.24) is 0 Å². The van der Waals surface area contributed by atoms with Gasteiger partial charge in [-0.05, 0) is 24.5 Å². The summed E-state index contributed by atoms with van der Waals surface area (Å²) in [6.07, 6.45) is -0.475. The van der Waals surface area contributed by atoms with Gasteiger partial charge in [0, 0.05) is 18.2 Å². The number of fused-ring (bicyclic) bond motifs is 1. The molecule has 0 aromatic heterocycles. The van der Waals surface area contributed by atoms with Crippen LogP contribution in [0.25, 0.3) is 0 Å². The molecule has 4 nitrogen and oxygen atoms in total. The molecule has 1 aromatic rings. The molecule has 0 radical (unpaired) electrons. The Labute approximate surface area is 120 Å². The van der Waals surface area contributed by atoms with E-state index in [0.29, 0.717) is 12.1 Å². The van der Waals surface area contributed by atoms with Crippen molar-refractivity contribution in [2.75, 3.05) is 18.5 Å². The van der Waals surface area contributed by atoms with E-state index in [0.717, 1.165) is 17.0 Å². The van der Waals surface area contributed by atoms with Crippen molar-refractivity contribution in [3.63, 3.8) is 0 Å². The van der Waals surface area contributed by atoms with Gasteiger partial charge in [-0.15, -0.1) is 0 Å². The van der Waals surface area contributed by atoms with Crippen LogP contribution in [-0.2, 0) is 5.41 Å². The lowest BCUT2D eigenvalue weighted by molar-refractivity contribution is 0.101. The van der Waals surface area contributed by atoms with Gasteiger partial charge in [-0.25, -0.2) is 0 Å². The van der Waals surface area contributed by atoms with E-state index >= 15 is 0 Å². The highest BCUT2D eigenvalue weighted by Crippen LogP contribution is 2.42. The van der Waals surface area contributed by atoms with E-state index in [4.69, 9.17) is 10.00 Å². The first kappa shape index (κ1) is 14.4. The molecule has 0 saturated carbocycles. The molecule has 0 amide bonds. The molecular formula is C16H20N2O2. The van der Waals surface area contributed by atoms with Gasteiger partial charge in [0.2, 0.25) is 6.10 Å². The summed E-state index contributed by atoms with van der Waals surface area (Å²) in [6, 6.07) is 5.89. The van der Waals surface area contributed by atoms with Gasteiger partial charge in [0.1, 0.15) is 11.8 Å². The molecule has 1 aliphatic heterocycles. The predicted molar refractivity (Wildman–Crippen MR) is 78.4 cm³/mol. The molecule has 1 unspecified atom stereocenters. The summed E-state index contributed by atoms with van der Waals surface area (Å²) < 4.78 is 5.83. The lowest BCUT2D eigenvalue weighted by atomic mass is 9.84. The second kappa shape index (κ2) is 4.82. The van der Waals surface area contributed by atoms with Gasteiger partial charge in [0.05, 0.1) is 12.2 Å². The summed E-state index contributed by atoms with van der Waals surface area (Å²) in [5, 5.41) is 9.12. The quantitative estimate of drug-likeness (QED) is 0.738. The number of benzene rings is 1. The zero-order valence-corrected chi connectivity index (χ0v) is 12.7. The number of rotatable bonds is 1. The largest absolute Gasteiger partial charge is 0.471 e. The fourth-order valence-electron chi connectivity index (χ4n) is 2.38. The molecule has 1 atom stereocenters. The maximum atomic E-state index is 11.7. The number of anilines is 1. The van der Waals surface area contributed by atoms with Gasteiger partial charge < -0.3 is 9.64 Å². The number of Topliss-reactive ketones (excluding diaryl/α,β-unsaturated/α-hetero) is 1. The third kappa shape index (κ3) is 2.49. The number of ether oxygens (including phenoxy) is 1. The number of hydrogen-bond donors (Lipinski definition) is 0. The Hall–Kier alpha value is -2.02. The van der Waals surface area contributed by atoms with E-state index < -0.39 is 6.10 Å². The third-order valence-electron chi connectivity index (χ3n) is 3.54. The Kier molecular flexibility index (Phi) is 3.47. The van der Waals surface area contributed by atoms with Crippen LogP contribution in [0.4, 0.5) is 5.69 Å². The van der Waals surface area contributed by atoms with Crippen LogP contribution in [0.5, 0.6) is 5.75 Å². The minimum atomic E-state index is -0.475. The summed E-state index contributed by atoms with van der Waals surface area (Å²) in [4.78, 5) is 13.7. The van der Waals surface area contributed by atoms with Crippen LogP contribution < -0.4 is 9.64 Å². The van der Waals surface area contributed by atoms with E-state index in [2.05, 4.69) is 26.8 Å². The first-order chi connectivity index (χ1) is 9.24. The molecule has 106 valence electrons. The van der Waals surface area contributed by atoms with E-state index in [1.54, 1.807) is 6.92 Å². The molecule has 2 rings (SSSR count). The Morgan fingerprint density at radius 2 is 2.10 bits per heavy atom. The number of carbonyl (C=O) groups excluding carboxylic acids is 1. The number of ketones is 1. The van der Waals surface area contributed by atoms with Crippen molar-refractivity contribution in [3.05, 3.63) is 23.3 Å². The van der Waals surface area contributed by atoms with E-state index in [1.807, 2.05) is 24.1 Å². The molecule has 0 aliphatic carbocycles. The summed E-state index contributed by atoms with van der Waals surface area (Å²) in [5.74, 6) is 0.761. The topological polar surface area (TPSA) is 53.3 Å². The number of nitriles is 1. The van der Waals surface area contributed by atoms with Gasteiger partial charge in [0.25, 0.3) is 0 Å². The van der Waals surface area contributed by atoms with E-state index in [9.17, 15) is 4.79 Å². The third-order valence-corrected chi connectivity index (χ3v) is 3.54. The maximum Gasteiger partial charge on any atom is 0.201 e. The average Bonchev–Trinajstić information content (AvgIpc) is 2.36. The second-order valence-corrected chi connectivity index (χ2v) is 6.29. The standard InChI is InChI=1S/C16H20N2O2/c1-10(19)11-6-13(16(2,3)4)15-14(7-11)18(5)9-12(8-17)20-15/h6-7,12H,9H2,1-5H3. The fourth-order valence-corrected chi connectivity index (χ4v) is 2.38. The Morgan fingerprint density at radius 3 is 2.60 bits per heavy atom. The fraction of sp³-hybridized carbons (Fsp3) is 0.500. The van der Waals surface area contributed by atoms with Crippen LogP contribution in [0.15, 0.2) is 12.1 Å². The van der Waals surface area contributed by atoms with Crippen LogP contribution in [0.3, 0.4) is 0 Å². The number of carbonyl (C=O) groups is 1. The first-order valence-corrected chi connectivity index (χ1v) is 6.71. The molecule has 1 heterocycles. The predicted octanol–water partition coefficient (Wildman–Crippen LogP) is 2.91. The maximum absolute atomic E-state index is 11.7. The number of nitrogens with zero attached hydrogens (tertiary/aromatic N) is 2. The SMILES string of the molecule is CC(=O)c1cc2c(c(C(C)(C)C)c1)OC(C#N)CN2C. The first-order valence-electron chi connectivity index (χ1n) is 6.71. The van der Waals surface area contributed by atoms with Crippen molar-refractivity contribution < 1.29 is 9.53 Å². The van der Waals surface area contributed by atoms with Crippen LogP contribution in [0.1, 0.15) is 43.6 Å². The second-order valence-electron chi connectivity index (χ2n) is 6.29. The van der Waals surface area contributed by atoms with Crippen molar-refractivity contribution in [2.45, 2.75) is 39.2 Å². The summed E-state index contributed by atoms with van der Waals surface area (Å²) in [6.45, 7) is 8.30. The smallest absolute Gasteiger partial charge is 0.201 e. The molecule has 0 N–H and O–H groups in total. The van der Waals surface area contributed by atoms with Crippen molar-refractivity contribution >= 4 is 11.5 Å². The van der Waals surface area contributed by atoms with Crippen LogP contribution in [0, 0.1) is 11.3 Å². The molecular weight excluding hydrogens is 252 g/mol. The van der Waals surface area contributed by atoms with Crippen LogP contribution in [-0.4, -0.2) is 25.5 Å². The molecule has 0 saturated heterocycles. The Morgan fingerprint density at radius 1 is 1.45 bits per heavy atom. The average molecular weight is 272 g/mol. The number of hydrogen-bond acceptors (Lipinski definition) is 4. The lowest BCUT2D eigenvalue weighted by Crippen LogP contribution is -2.38. The van der Waals surface area contributed by atoms with Gasteiger partial charge in [-0.1, -0.05) is 20.8 Å². The minimum Gasteiger partial charge on any atom is -0.471 e. The molecule has 1 aliphatic rings. The molecule has 0 bridgehead atoms. The monoisotopic (exact) mass is 272 g/mol. The van der Waals surface area contributed by atoms with Gasteiger partial charge in [-0.3, -0.25) is 4.79 Å². The molecule has 4 heteroatoms. The zero-order chi connectivity index (χ0) is 15.1. The highest BCUT2D eigenvalue weighted by atomic mass is 16.5. The van der Waals surface area contributed by atoms with Crippen molar-refractivity contribution in [3.8, 4) is 11.8 Å². The zero-order valence-electron chi connectivity index (χ0n) is 12.7. The normalized spacial score (nSPS) is 18.0. The van der Waals surface area contributed by atoms with Gasteiger partial charge in [-0.2, -0.15) is 5.26 Å². The molecule has 0 spiro atoms. The Balaban J connectivity index is 2.68. The molecule has 1 aromatic carbocycles.